The zero-order chi connectivity index (χ0) is 13.9. The molecule has 8 heteroatoms. The van der Waals surface area contributed by atoms with E-state index >= 15 is 0 Å². The third kappa shape index (κ3) is 3.25. The molecule has 2 rings (SSSR count). The first-order valence-corrected chi connectivity index (χ1v) is 8.13. The van der Waals surface area contributed by atoms with Gasteiger partial charge in [-0.15, -0.1) is 0 Å². The predicted molar refractivity (Wildman–Crippen MR) is 70.0 cm³/mol. The summed E-state index contributed by atoms with van der Waals surface area (Å²) in [7, 11) is -3.66. The third-order valence-corrected chi connectivity index (χ3v) is 5.71. The topological polar surface area (TPSA) is 90.0 Å². The Balaban J connectivity index is 2.18. The highest BCUT2D eigenvalue weighted by molar-refractivity contribution is 7.86. The van der Waals surface area contributed by atoms with Crippen molar-refractivity contribution in [1.29, 1.82) is 0 Å². The van der Waals surface area contributed by atoms with Crippen LogP contribution < -0.4 is 5.32 Å². The number of carboxylic acids is 1. The van der Waals surface area contributed by atoms with Crippen molar-refractivity contribution < 1.29 is 18.3 Å². The van der Waals surface area contributed by atoms with Gasteiger partial charge < -0.3 is 10.4 Å². The highest BCUT2D eigenvalue weighted by Gasteiger charge is 2.39. The lowest BCUT2D eigenvalue weighted by molar-refractivity contribution is -0.142. The molecule has 2 aliphatic rings. The summed E-state index contributed by atoms with van der Waals surface area (Å²) < 4.78 is 27.7. The van der Waals surface area contributed by atoms with Crippen molar-refractivity contribution in [2.45, 2.75) is 31.7 Å². The van der Waals surface area contributed by atoms with E-state index in [0.717, 1.165) is 25.8 Å². The average Bonchev–Trinajstić information content (AvgIpc) is 2.68. The maximum Gasteiger partial charge on any atom is 0.322 e. The molecule has 2 heterocycles. The molecule has 2 saturated heterocycles. The van der Waals surface area contributed by atoms with Crippen molar-refractivity contribution in [1.82, 2.24) is 13.9 Å². The van der Waals surface area contributed by atoms with Gasteiger partial charge in [-0.2, -0.15) is 17.0 Å². The molecule has 0 radical (unpaired) electrons. The zero-order valence-corrected chi connectivity index (χ0v) is 11.7. The van der Waals surface area contributed by atoms with Crippen LogP contribution in [0.4, 0.5) is 0 Å². The molecule has 0 spiro atoms. The molecule has 1 unspecified atom stereocenters. The number of hydrogen-bond acceptors (Lipinski definition) is 4. The van der Waals surface area contributed by atoms with E-state index in [4.69, 9.17) is 0 Å². The molecule has 0 saturated carbocycles. The molecule has 2 aliphatic heterocycles. The molecule has 0 bridgehead atoms. The van der Waals surface area contributed by atoms with Gasteiger partial charge in [0.2, 0.25) is 0 Å². The largest absolute Gasteiger partial charge is 0.480 e. The second kappa shape index (κ2) is 6.17. The quantitative estimate of drug-likeness (QED) is 0.729. The molecule has 1 atom stereocenters. The van der Waals surface area contributed by atoms with Gasteiger partial charge in [0.1, 0.15) is 6.04 Å². The summed E-state index contributed by atoms with van der Waals surface area (Å²) in [5.74, 6) is -1.05. The molecular weight excluding hydrogens is 270 g/mol. The van der Waals surface area contributed by atoms with Crippen LogP contribution in [0.2, 0.25) is 0 Å². The van der Waals surface area contributed by atoms with Crippen LogP contribution in [0.25, 0.3) is 0 Å². The summed E-state index contributed by atoms with van der Waals surface area (Å²) in [4.78, 5) is 11.2. The van der Waals surface area contributed by atoms with Crippen LogP contribution in [0, 0.1) is 0 Å². The Labute approximate surface area is 113 Å². The smallest absolute Gasteiger partial charge is 0.322 e. The van der Waals surface area contributed by atoms with Gasteiger partial charge >= 0.3 is 5.97 Å². The van der Waals surface area contributed by atoms with Gasteiger partial charge in [-0.1, -0.05) is 0 Å². The molecule has 2 N–H and O–H groups in total. The molecular formula is C11H21N3O4S. The monoisotopic (exact) mass is 291 g/mol. The number of piperidine rings is 1. The molecule has 0 aromatic heterocycles. The fourth-order valence-corrected chi connectivity index (χ4v) is 4.48. The summed E-state index contributed by atoms with van der Waals surface area (Å²) in [6.45, 7) is 2.59. The van der Waals surface area contributed by atoms with E-state index in [1.807, 2.05) is 0 Å². The van der Waals surface area contributed by atoms with Crippen LogP contribution >= 0.6 is 0 Å². The van der Waals surface area contributed by atoms with E-state index in [1.165, 1.54) is 8.61 Å². The normalized spacial score (nSPS) is 27.9. The number of aliphatic carboxylic acids is 1. The summed E-state index contributed by atoms with van der Waals surface area (Å²) in [5.41, 5.74) is 0. The minimum Gasteiger partial charge on any atom is -0.480 e. The highest BCUT2D eigenvalue weighted by atomic mass is 32.2. The SMILES string of the molecule is O=C(O)C1CCCCN1S(=O)(=O)N1CCCNCC1. The molecule has 2 fully saturated rings. The Hall–Kier alpha value is -0.700. The van der Waals surface area contributed by atoms with Crippen molar-refractivity contribution in [3.63, 3.8) is 0 Å². The maximum absolute atomic E-state index is 12.6. The number of carbonyl (C=O) groups is 1. The molecule has 19 heavy (non-hydrogen) atoms. The van der Waals surface area contributed by atoms with Crippen LogP contribution in [0.3, 0.4) is 0 Å². The summed E-state index contributed by atoms with van der Waals surface area (Å²) >= 11 is 0. The Morgan fingerprint density at radius 1 is 1.11 bits per heavy atom. The van der Waals surface area contributed by atoms with Gasteiger partial charge in [0.15, 0.2) is 0 Å². The van der Waals surface area contributed by atoms with Crippen molar-refractivity contribution in [3.05, 3.63) is 0 Å². The van der Waals surface area contributed by atoms with Gasteiger partial charge in [-0.25, -0.2) is 0 Å². The van der Waals surface area contributed by atoms with Gasteiger partial charge in [0, 0.05) is 26.2 Å². The lowest BCUT2D eigenvalue weighted by Gasteiger charge is -2.35. The number of hydrogen-bond donors (Lipinski definition) is 2. The molecule has 0 amide bonds. The van der Waals surface area contributed by atoms with Crippen LogP contribution in [0.15, 0.2) is 0 Å². The highest BCUT2D eigenvalue weighted by Crippen LogP contribution is 2.23. The number of rotatable bonds is 3. The minimum absolute atomic E-state index is 0.309. The second-order valence-corrected chi connectivity index (χ2v) is 6.85. The number of nitrogens with one attached hydrogen (secondary N) is 1. The van der Waals surface area contributed by atoms with Crippen LogP contribution in [-0.4, -0.2) is 66.9 Å². The molecule has 0 aromatic carbocycles. The predicted octanol–water partition coefficient (Wildman–Crippen LogP) is -0.534. The van der Waals surface area contributed by atoms with Crippen molar-refractivity contribution in [3.8, 4) is 0 Å². The summed E-state index contributed by atoms with van der Waals surface area (Å²) in [6.07, 6.45) is 2.66. The van der Waals surface area contributed by atoms with Crippen LogP contribution in [0.5, 0.6) is 0 Å². The fourth-order valence-electron chi connectivity index (χ4n) is 2.63. The summed E-state index contributed by atoms with van der Waals surface area (Å²) in [6, 6.07) is -0.907. The first-order chi connectivity index (χ1) is 9.03. The Morgan fingerprint density at radius 2 is 1.89 bits per heavy atom. The molecule has 0 aromatic rings. The maximum atomic E-state index is 12.6. The number of nitrogens with zero attached hydrogens (tertiary/aromatic N) is 2. The third-order valence-electron chi connectivity index (χ3n) is 3.66. The van der Waals surface area contributed by atoms with E-state index in [2.05, 4.69) is 5.32 Å². The fraction of sp³-hybridized carbons (Fsp3) is 0.909. The van der Waals surface area contributed by atoms with Crippen molar-refractivity contribution in [2.75, 3.05) is 32.7 Å². The summed E-state index contributed by atoms with van der Waals surface area (Å²) in [5, 5.41) is 12.3. The molecule has 110 valence electrons. The first-order valence-electron chi connectivity index (χ1n) is 6.74. The lowest BCUT2D eigenvalue weighted by Crippen LogP contribution is -2.53. The standard InChI is InChI=1S/C11H21N3O4S/c15-11(16)10-4-1-2-8-14(10)19(17,18)13-7-3-5-12-6-9-13/h10,12H,1-9H2,(H,15,16). The van der Waals surface area contributed by atoms with Crippen molar-refractivity contribution >= 4 is 16.2 Å². The number of carboxylic acid groups (broad SMARTS) is 1. The Bertz CT molecular complexity index is 418. The zero-order valence-electron chi connectivity index (χ0n) is 10.9. The van der Waals surface area contributed by atoms with E-state index in [0.29, 0.717) is 32.6 Å². The average molecular weight is 291 g/mol. The Morgan fingerprint density at radius 3 is 2.63 bits per heavy atom. The van der Waals surface area contributed by atoms with Gasteiger partial charge in [-0.3, -0.25) is 4.79 Å². The van der Waals surface area contributed by atoms with Gasteiger partial charge in [-0.05, 0) is 32.2 Å². The Kier molecular flexibility index (Phi) is 4.77. The first kappa shape index (κ1) is 14.7. The lowest BCUT2D eigenvalue weighted by atomic mass is 10.1. The van der Waals surface area contributed by atoms with E-state index in [-0.39, 0.29) is 0 Å². The van der Waals surface area contributed by atoms with E-state index < -0.39 is 22.2 Å². The van der Waals surface area contributed by atoms with Crippen LogP contribution in [0.1, 0.15) is 25.7 Å². The van der Waals surface area contributed by atoms with E-state index in [1.54, 1.807) is 0 Å². The van der Waals surface area contributed by atoms with Crippen molar-refractivity contribution in [2.24, 2.45) is 0 Å². The van der Waals surface area contributed by atoms with Crippen LogP contribution in [-0.2, 0) is 15.0 Å². The minimum atomic E-state index is -3.66. The molecule has 0 aliphatic carbocycles. The second-order valence-electron chi connectivity index (χ2n) is 4.97. The van der Waals surface area contributed by atoms with Gasteiger partial charge in [0.25, 0.3) is 10.2 Å². The van der Waals surface area contributed by atoms with E-state index in [9.17, 15) is 18.3 Å². The van der Waals surface area contributed by atoms with Gasteiger partial charge in [0.05, 0.1) is 0 Å². The molecule has 7 nitrogen and oxygen atoms in total.